The zero-order valence-corrected chi connectivity index (χ0v) is 18.2. The summed E-state index contributed by atoms with van der Waals surface area (Å²) in [6.45, 7) is 1.71. The molecule has 3 rings (SSSR count). The summed E-state index contributed by atoms with van der Waals surface area (Å²) in [6.07, 6.45) is 0.454. The van der Waals surface area contributed by atoms with Crippen molar-refractivity contribution in [2.45, 2.75) is 19.1 Å². The summed E-state index contributed by atoms with van der Waals surface area (Å²) in [5.74, 6) is 0.474. The van der Waals surface area contributed by atoms with E-state index in [4.69, 9.17) is 14.2 Å². The number of hydrogen-bond donors (Lipinski definition) is 0. The summed E-state index contributed by atoms with van der Waals surface area (Å²) < 4.78 is 16.4. The Labute approximate surface area is 183 Å². The molecular weight excluding hydrogens is 396 g/mol. The van der Waals surface area contributed by atoms with E-state index in [9.17, 15) is 9.59 Å². The Morgan fingerprint density at radius 2 is 1.81 bits per heavy atom. The Kier molecular flexibility index (Phi) is 8.44. The zero-order valence-electron chi connectivity index (χ0n) is 18.2. The van der Waals surface area contributed by atoms with Crippen molar-refractivity contribution >= 4 is 11.8 Å². The Hall–Kier alpha value is -2.90. The normalized spacial score (nSPS) is 16.8. The smallest absolute Gasteiger partial charge is 0.249 e. The van der Waals surface area contributed by atoms with Crippen LogP contribution in [0, 0.1) is 0 Å². The first-order valence-electron chi connectivity index (χ1n) is 10.4. The van der Waals surface area contributed by atoms with Gasteiger partial charge in [-0.3, -0.25) is 9.59 Å². The van der Waals surface area contributed by atoms with Gasteiger partial charge in [-0.25, -0.2) is 0 Å². The van der Waals surface area contributed by atoms with E-state index in [1.54, 1.807) is 12.0 Å². The molecule has 7 nitrogen and oxygen atoms in total. The van der Waals surface area contributed by atoms with E-state index in [2.05, 4.69) is 0 Å². The fourth-order valence-corrected chi connectivity index (χ4v) is 3.59. The van der Waals surface area contributed by atoms with Crippen molar-refractivity contribution in [3.63, 3.8) is 0 Å². The number of benzene rings is 2. The van der Waals surface area contributed by atoms with Crippen LogP contribution in [0.25, 0.3) is 0 Å². The highest BCUT2D eigenvalue weighted by molar-refractivity contribution is 5.86. The quantitative estimate of drug-likeness (QED) is 0.615. The topological polar surface area (TPSA) is 68.3 Å². The molecule has 0 radical (unpaired) electrons. The number of amides is 2. The maximum atomic E-state index is 12.9. The van der Waals surface area contributed by atoms with Crippen LogP contribution in [0.5, 0.6) is 5.75 Å². The molecule has 7 heteroatoms. The summed E-state index contributed by atoms with van der Waals surface area (Å²) in [5, 5.41) is 0. The highest BCUT2D eigenvalue weighted by atomic mass is 16.5. The second-order valence-corrected chi connectivity index (χ2v) is 7.57. The molecule has 31 heavy (non-hydrogen) atoms. The van der Waals surface area contributed by atoms with Crippen molar-refractivity contribution in [3.05, 3.63) is 65.7 Å². The molecule has 0 aliphatic carbocycles. The number of hydrogen-bond acceptors (Lipinski definition) is 5. The Morgan fingerprint density at radius 1 is 1.03 bits per heavy atom. The Balaban J connectivity index is 1.69. The van der Waals surface area contributed by atoms with Gasteiger partial charge in [0.05, 0.1) is 26.4 Å². The third kappa shape index (κ3) is 6.80. The molecule has 166 valence electrons. The highest BCUT2D eigenvalue weighted by Gasteiger charge is 2.30. The number of carbonyl (C=O) groups excluding carboxylic acids is 2. The molecule has 2 amide bonds. The Bertz CT molecular complexity index is 858. The minimum atomic E-state index is -0.297. The first-order valence-corrected chi connectivity index (χ1v) is 10.4. The standard InChI is InChI=1S/C24H30N2O5/c1-29-18-24(28)26-15-22(31-17-20-9-6-10-21(13-20)30-2)14-25(23(27)16-26)12-11-19-7-4-3-5-8-19/h3-10,13,22H,11-12,14-18H2,1-2H3/t22-/m1/s1. The molecule has 1 atom stereocenters. The van der Waals surface area contributed by atoms with Gasteiger partial charge in [0.1, 0.15) is 12.4 Å². The van der Waals surface area contributed by atoms with Gasteiger partial charge in [-0.1, -0.05) is 42.5 Å². The first kappa shape index (κ1) is 22.8. The van der Waals surface area contributed by atoms with Gasteiger partial charge in [-0.05, 0) is 29.7 Å². The van der Waals surface area contributed by atoms with E-state index < -0.39 is 0 Å². The third-order valence-corrected chi connectivity index (χ3v) is 5.28. The molecule has 0 bridgehead atoms. The van der Waals surface area contributed by atoms with Crippen molar-refractivity contribution in [2.24, 2.45) is 0 Å². The number of carbonyl (C=O) groups is 2. The summed E-state index contributed by atoms with van der Waals surface area (Å²) >= 11 is 0. The van der Waals surface area contributed by atoms with E-state index in [1.165, 1.54) is 17.6 Å². The maximum Gasteiger partial charge on any atom is 0.249 e. The zero-order chi connectivity index (χ0) is 22.1. The van der Waals surface area contributed by atoms with E-state index >= 15 is 0 Å². The molecule has 0 aromatic heterocycles. The molecule has 1 fully saturated rings. The van der Waals surface area contributed by atoms with E-state index in [0.717, 1.165) is 17.7 Å². The first-order chi connectivity index (χ1) is 15.1. The van der Waals surface area contributed by atoms with Gasteiger partial charge in [0, 0.05) is 26.7 Å². The third-order valence-electron chi connectivity index (χ3n) is 5.28. The fourth-order valence-electron chi connectivity index (χ4n) is 3.59. The summed E-state index contributed by atoms with van der Waals surface area (Å²) in [4.78, 5) is 28.6. The van der Waals surface area contributed by atoms with Crippen molar-refractivity contribution in [2.75, 3.05) is 47.0 Å². The van der Waals surface area contributed by atoms with Gasteiger partial charge in [0.25, 0.3) is 0 Å². The number of nitrogens with zero attached hydrogens (tertiary/aromatic N) is 2. The predicted octanol–water partition coefficient (Wildman–Crippen LogP) is 2.14. The van der Waals surface area contributed by atoms with Crippen LogP contribution in [-0.2, 0) is 32.1 Å². The summed E-state index contributed by atoms with van der Waals surface area (Å²) in [5.41, 5.74) is 2.14. The van der Waals surface area contributed by atoms with Crippen LogP contribution in [0.1, 0.15) is 11.1 Å². The maximum absolute atomic E-state index is 12.9. The predicted molar refractivity (Wildman–Crippen MR) is 117 cm³/mol. The van der Waals surface area contributed by atoms with Crippen LogP contribution >= 0.6 is 0 Å². The van der Waals surface area contributed by atoms with E-state index in [-0.39, 0.29) is 31.1 Å². The molecule has 0 unspecified atom stereocenters. The van der Waals surface area contributed by atoms with Gasteiger partial charge in [-0.2, -0.15) is 0 Å². The lowest BCUT2D eigenvalue weighted by Crippen LogP contribution is -2.41. The van der Waals surface area contributed by atoms with Gasteiger partial charge in [-0.15, -0.1) is 0 Å². The number of methoxy groups -OCH3 is 2. The van der Waals surface area contributed by atoms with Crippen molar-refractivity contribution in [1.82, 2.24) is 9.80 Å². The van der Waals surface area contributed by atoms with Crippen molar-refractivity contribution in [1.29, 1.82) is 0 Å². The summed E-state index contributed by atoms with van der Waals surface area (Å²) in [6, 6.07) is 17.7. The van der Waals surface area contributed by atoms with Crippen molar-refractivity contribution in [3.8, 4) is 5.75 Å². The number of rotatable bonds is 9. The molecule has 0 N–H and O–H groups in total. The van der Waals surface area contributed by atoms with Crippen LogP contribution in [0.4, 0.5) is 0 Å². The highest BCUT2D eigenvalue weighted by Crippen LogP contribution is 2.16. The average Bonchev–Trinajstić information content (AvgIpc) is 2.96. The van der Waals surface area contributed by atoms with Gasteiger partial charge < -0.3 is 24.0 Å². The summed E-state index contributed by atoms with van der Waals surface area (Å²) in [7, 11) is 3.10. The van der Waals surface area contributed by atoms with Crippen LogP contribution in [-0.4, -0.2) is 74.7 Å². The van der Waals surface area contributed by atoms with Gasteiger partial charge in [0.15, 0.2) is 0 Å². The van der Waals surface area contributed by atoms with Crippen molar-refractivity contribution < 1.29 is 23.8 Å². The average molecular weight is 427 g/mol. The molecule has 1 aliphatic heterocycles. The van der Waals surface area contributed by atoms with Gasteiger partial charge >= 0.3 is 0 Å². The molecule has 0 saturated carbocycles. The second-order valence-electron chi connectivity index (χ2n) is 7.57. The monoisotopic (exact) mass is 426 g/mol. The van der Waals surface area contributed by atoms with Crippen LogP contribution in [0.3, 0.4) is 0 Å². The second kappa shape index (κ2) is 11.5. The van der Waals surface area contributed by atoms with Crippen LogP contribution in [0.15, 0.2) is 54.6 Å². The molecule has 0 spiro atoms. The fraction of sp³-hybridized carbons (Fsp3) is 0.417. The van der Waals surface area contributed by atoms with E-state index in [0.29, 0.717) is 26.2 Å². The minimum Gasteiger partial charge on any atom is -0.497 e. The SMILES string of the molecule is COCC(=O)N1CC(=O)N(CCc2ccccc2)C[C@@H](OCc2cccc(OC)c2)C1. The van der Waals surface area contributed by atoms with Crippen LogP contribution in [0.2, 0.25) is 0 Å². The molecule has 1 saturated heterocycles. The lowest BCUT2D eigenvalue weighted by molar-refractivity contribution is -0.141. The Morgan fingerprint density at radius 3 is 2.55 bits per heavy atom. The molecule has 2 aromatic carbocycles. The molecular formula is C24H30N2O5. The lowest BCUT2D eigenvalue weighted by Gasteiger charge is -2.25. The molecule has 1 heterocycles. The minimum absolute atomic E-state index is 0.0377. The lowest BCUT2D eigenvalue weighted by atomic mass is 10.1. The van der Waals surface area contributed by atoms with Gasteiger partial charge in [0.2, 0.25) is 11.8 Å². The molecule has 2 aromatic rings. The largest absolute Gasteiger partial charge is 0.497 e. The molecule has 1 aliphatic rings. The number of ether oxygens (including phenoxy) is 3. The van der Waals surface area contributed by atoms with Crippen LogP contribution < -0.4 is 4.74 Å². The van der Waals surface area contributed by atoms with E-state index in [1.807, 2.05) is 54.6 Å².